The summed E-state index contributed by atoms with van der Waals surface area (Å²) in [7, 11) is 1.33. The van der Waals surface area contributed by atoms with Crippen LogP contribution in [-0.4, -0.2) is 40.3 Å². The van der Waals surface area contributed by atoms with Crippen LogP contribution in [0.4, 0.5) is 8.78 Å². The highest BCUT2D eigenvalue weighted by Crippen LogP contribution is 2.30. The molecule has 1 aliphatic heterocycles. The van der Waals surface area contributed by atoms with Crippen molar-refractivity contribution in [3.63, 3.8) is 0 Å². The van der Waals surface area contributed by atoms with E-state index in [0.29, 0.717) is 46.2 Å². The maximum atomic E-state index is 15.6. The van der Waals surface area contributed by atoms with Gasteiger partial charge in [-0.15, -0.1) is 0 Å². The molecule has 8 nitrogen and oxygen atoms in total. The van der Waals surface area contributed by atoms with Crippen LogP contribution in [0, 0.1) is 11.6 Å². The summed E-state index contributed by atoms with van der Waals surface area (Å²) in [6.45, 7) is 1.31. The molecule has 1 aliphatic rings. The zero-order chi connectivity index (χ0) is 31.1. The SMILES string of the molecule is COC(=O)c1ccc2nc(Cc3ccc(-c4nc(OCc5ccc(Cl)c6ccoc56)ccc4F)cc3F)n(C[C@@H]3CCO3)c2c1. The Morgan fingerprint density at radius 1 is 1.02 bits per heavy atom. The highest BCUT2D eigenvalue weighted by Gasteiger charge is 2.23. The zero-order valence-electron chi connectivity index (χ0n) is 24.1. The molecule has 7 rings (SSSR count). The lowest BCUT2D eigenvalue weighted by Crippen LogP contribution is -2.31. The van der Waals surface area contributed by atoms with Gasteiger partial charge in [0.15, 0.2) is 0 Å². The minimum absolute atomic E-state index is 0.00324. The first-order valence-corrected chi connectivity index (χ1v) is 14.7. The molecule has 1 fully saturated rings. The van der Waals surface area contributed by atoms with E-state index in [0.717, 1.165) is 22.9 Å². The molecule has 1 atom stereocenters. The van der Waals surface area contributed by atoms with Gasteiger partial charge in [-0.3, -0.25) is 0 Å². The van der Waals surface area contributed by atoms with Gasteiger partial charge in [-0.2, -0.15) is 0 Å². The van der Waals surface area contributed by atoms with Crippen molar-refractivity contribution < 1.29 is 32.2 Å². The van der Waals surface area contributed by atoms with Gasteiger partial charge in [-0.05, 0) is 54.4 Å². The molecule has 228 valence electrons. The molecule has 3 aromatic carbocycles. The first-order valence-electron chi connectivity index (χ1n) is 14.3. The van der Waals surface area contributed by atoms with Gasteiger partial charge in [-0.25, -0.2) is 23.5 Å². The van der Waals surface area contributed by atoms with Crippen molar-refractivity contribution in [1.29, 1.82) is 0 Å². The molecule has 6 aromatic rings. The minimum Gasteiger partial charge on any atom is -0.473 e. The number of carbonyl (C=O) groups excluding carboxylic acids is 1. The molecule has 0 bridgehead atoms. The number of rotatable bonds is 9. The number of methoxy groups -OCH3 is 1. The summed E-state index contributed by atoms with van der Waals surface area (Å²) in [6, 6.07) is 17.6. The standard InChI is InChI=1S/C34H26ClF2N3O5/c1-42-34(41)21-5-8-28-29(15-21)40(17-23-10-12-43-23)30(38-28)16-19-2-3-20(14-27(19)37)32-26(36)7-9-31(39-32)45-18-22-4-6-25(35)24-11-13-44-33(22)24/h2-9,11,13-15,23H,10,12,16-18H2,1H3/t23-/m0/s1. The largest absolute Gasteiger partial charge is 0.473 e. The summed E-state index contributed by atoms with van der Waals surface area (Å²) >= 11 is 6.23. The number of furan rings is 1. The average Bonchev–Trinajstić information content (AvgIpc) is 3.65. The van der Waals surface area contributed by atoms with Crippen molar-refractivity contribution >= 4 is 39.6 Å². The van der Waals surface area contributed by atoms with Crippen molar-refractivity contribution in [2.24, 2.45) is 0 Å². The number of halogens is 3. The van der Waals surface area contributed by atoms with E-state index in [9.17, 15) is 9.18 Å². The van der Waals surface area contributed by atoms with E-state index < -0.39 is 17.6 Å². The van der Waals surface area contributed by atoms with Gasteiger partial charge in [0, 0.05) is 35.6 Å². The van der Waals surface area contributed by atoms with E-state index in [4.69, 9.17) is 35.2 Å². The first kappa shape index (κ1) is 28.9. The number of aromatic nitrogens is 3. The molecule has 0 N–H and O–H groups in total. The fraction of sp³-hybridized carbons (Fsp3) is 0.206. The molecule has 0 spiro atoms. The number of nitrogens with zero attached hydrogens (tertiary/aromatic N) is 3. The Kier molecular flexibility index (Phi) is 7.68. The topological polar surface area (TPSA) is 88.6 Å². The van der Waals surface area contributed by atoms with Crippen LogP contribution in [0.5, 0.6) is 5.88 Å². The Morgan fingerprint density at radius 3 is 2.64 bits per heavy atom. The number of carbonyl (C=O) groups is 1. The number of benzene rings is 3. The van der Waals surface area contributed by atoms with E-state index in [-0.39, 0.29) is 36.3 Å². The van der Waals surface area contributed by atoms with Gasteiger partial charge in [0.25, 0.3) is 0 Å². The van der Waals surface area contributed by atoms with Gasteiger partial charge in [-0.1, -0.05) is 29.8 Å². The first-order chi connectivity index (χ1) is 21.9. The fourth-order valence-corrected chi connectivity index (χ4v) is 5.67. The summed E-state index contributed by atoms with van der Waals surface area (Å²) < 4.78 is 54.4. The molecule has 0 saturated carbocycles. The number of hydrogen-bond acceptors (Lipinski definition) is 7. The fourth-order valence-electron chi connectivity index (χ4n) is 5.45. The highest BCUT2D eigenvalue weighted by molar-refractivity contribution is 6.35. The van der Waals surface area contributed by atoms with Crippen LogP contribution in [-0.2, 0) is 29.0 Å². The normalized spacial score (nSPS) is 14.5. The molecule has 11 heteroatoms. The molecule has 3 aromatic heterocycles. The Labute approximate surface area is 261 Å². The third kappa shape index (κ3) is 5.63. The maximum absolute atomic E-state index is 15.6. The quantitative estimate of drug-likeness (QED) is 0.153. The van der Waals surface area contributed by atoms with Crippen LogP contribution in [0.2, 0.25) is 5.02 Å². The Balaban J connectivity index is 1.15. The minimum atomic E-state index is -0.613. The monoisotopic (exact) mass is 629 g/mol. The second kappa shape index (κ2) is 11.9. The van der Waals surface area contributed by atoms with Crippen molar-refractivity contribution in [3.05, 3.63) is 112 Å². The van der Waals surface area contributed by atoms with Crippen molar-refractivity contribution in [1.82, 2.24) is 14.5 Å². The van der Waals surface area contributed by atoms with Crippen molar-refractivity contribution in [2.45, 2.75) is 32.1 Å². The molecule has 0 amide bonds. The van der Waals surface area contributed by atoms with Crippen molar-refractivity contribution in [3.8, 4) is 17.1 Å². The van der Waals surface area contributed by atoms with E-state index in [2.05, 4.69) is 4.98 Å². The van der Waals surface area contributed by atoms with Crippen LogP contribution >= 0.6 is 11.6 Å². The Hall–Kier alpha value is -4.80. The summed E-state index contributed by atoms with van der Waals surface area (Å²) in [5, 5.41) is 1.33. The van der Waals surface area contributed by atoms with Gasteiger partial charge >= 0.3 is 5.97 Å². The summed E-state index contributed by atoms with van der Waals surface area (Å²) in [5.41, 5.74) is 3.74. The van der Waals surface area contributed by atoms with Crippen molar-refractivity contribution in [2.75, 3.05) is 13.7 Å². The summed E-state index contributed by atoms with van der Waals surface area (Å²) in [4.78, 5) is 21.2. The second-order valence-electron chi connectivity index (χ2n) is 10.7. The molecule has 45 heavy (non-hydrogen) atoms. The lowest BCUT2D eigenvalue weighted by Gasteiger charge is -2.27. The smallest absolute Gasteiger partial charge is 0.337 e. The number of imidazole rings is 1. The van der Waals surface area contributed by atoms with Crippen LogP contribution < -0.4 is 4.74 Å². The van der Waals surface area contributed by atoms with Gasteiger partial charge in [0.05, 0.1) is 47.6 Å². The highest BCUT2D eigenvalue weighted by atomic mass is 35.5. The van der Waals surface area contributed by atoms with E-state index >= 15 is 4.39 Å². The van der Waals surface area contributed by atoms with Crippen LogP contribution in [0.1, 0.15) is 33.7 Å². The lowest BCUT2D eigenvalue weighted by molar-refractivity contribution is -0.0589. The van der Waals surface area contributed by atoms with Gasteiger partial charge in [0.1, 0.15) is 35.3 Å². The molecule has 4 heterocycles. The predicted octanol–water partition coefficient (Wildman–Crippen LogP) is 7.52. The van der Waals surface area contributed by atoms with Crippen LogP contribution in [0.25, 0.3) is 33.3 Å². The van der Waals surface area contributed by atoms with Gasteiger partial charge < -0.3 is 23.2 Å². The van der Waals surface area contributed by atoms with E-state index in [1.807, 2.05) is 4.57 Å². The Bertz CT molecular complexity index is 2070. The van der Waals surface area contributed by atoms with Crippen LogP contribution in [0.15, 0.2) is 77.4 Å². The summed E-state index contributed by atoms with van der Waals surface area (Å²) in [6.07, 6.45) is 2.62. The average molecular weight is 630 g/mol. The zero-order valence-corrected chi connectivity index (χ0v) is 24.8. The van der Waals surface area contributed by atoms with Crippen LogP contribution in [0.3, 0.4) is 0 Å². The molecule has 0 unspecified atom stereocenters. The number of hydrogen-bond donors (Lipinski definition) is 0. The third-order valence-electron chi connectivity index (χ3n) is 7.94. The maximum Gasteiger partial charge on any atom is 0.337 e. The predicted molar refractivity (Wildman–Crippen MR) is 163 cm³/mol. The molecular formula is C34H26ClF2N3O5. The molecule has 0 radical (unpaired) electrons. The molecular weight excluding hydrogens is 604 g/mol. The number of pyridine rings is 1. The summed E-state index contributed by atoms with van der Waals surface area (Å²) in [5.74, 6) is -0.818. The molecule has 1 saturated heterocycles. The molecule has 0 aliphatic carbocycles. The number of esters is 1. The second-order valence-corrected chi connectivity index (χ2v) is 11.1. The van der Waals surface area contributed by atoms with E-state index in [1.54, 1.807) is 54.8 Å². The number of fused-ring (bicyclic) bond motifs is 2. The lowest BCUT2D eigenvalue weighted by atomic mass is 10.0. The number of ether oxygens (including phenoxy) is 3. The van der Waals surface area contributed by atoms with Gasteiger partial charge in [0.2, 0.25) is 5.88 Å². The van der Waals surface area contributed by atoms with E-state index in [1.165, 1.54) is 25.3 Å². The third-order valence-corrected chi connectivity index (χ3v) is 8.27. The Morgan fingerprint density at radius 2 is 1.87 bits per heavy atom.